The molecule has 0 unspecified atom stereocenters. The molecular formula is C19H20ClN5OS. The first-order valence-electron chi connectivity index (χ1n) is 8.52. The Kier molecular flexibility index (Phi) is 6.47. The van der Waals surface area contributed by atoms with Gasteiger partial charge in [-0.2, -0.15) is 4.68 Å². The van der Waals surface area contributed by atoms with E-state index in [4.69, 9.17) is 11.6 Å². The first kappa shape index (κ1) is 19.4. The molecule has 0 spiro atoms. The van der Waals surface area contributed by atoms with Crippen LogP contribution in [-0.4, -0.2) is 38.4 Å². The summed E-state index contributed by atoms with van der Waals surface area (Å²) in [5, 5.41) is 16.0. The first-order chi connectivity index (χ1) is 13.0. The van der Waals surface area contributed by atoms with E-state index in [-0.39, 0.29) is 11.7 Å². The molecule has 1 heterocycles. The van der Waals surface area contributed by atoms with E-state index in [1.54, 1.807) is 4.68 Å². The summed E-state index contributed by atoms with van der Waals surface area (Å²) < 4.78 is 1.66. The number of aromatic nitrogens is 4. The maximum atomic E-state index is 12.1. The van der Waals surface area contributed by atoms with Gasteiger partial charge in [0.05, 0.1) is 11.4 Å². The SMILES string of the molecule is Cc1cc(C)cc(-n2nnnc2SCC(=O)NCCc2cccc(Cl)c2)c1. The van der Waals surface area contributed by atoms with Crippen molar-refractivity contribution in [1.82, 2.24) is 25.5 Å². The van der Waals surface area contributed by atoms with Crippen molar-refractivity contribution in [3.05, 3.63) is 64.2 Å². The van der Waals surface area contributed by atoms with E-state index >= 15 is 0 Å². The predicted molar refractivity (Wildman–Crippen MR) is 108 cm³/mol. The highest BCUT2D eigenvalue weighted by Gasteiger charge is 2.12. The molecule has 3 rings (SSSR count). The Labute approximate surface area is 167 Å². The number of tetrazole rings is 1. The molecule has 0 radical (unpaired) electrons. The second-order valence-corrected chi connectivity index (χ2v) is 7.62. The lowest BCUT2D eigenvalue weighted by atomic mass is 10.1. The van der Waals surface area contributed by atoms with Crippen LogP contribution in [0.15, 0.2) is 47.6 Å². The fourth-order valence-electron chi connectivity index (χ4n) is 2.72. The summed E-state index contributed by atoms with van der Waals surface area (Å²) in [6, 6.07) is 13.7. The zero-order valence-electron chi connectivity index (χ0n) is 15.1. The van der Waals surface area contributed by atoms with Crippen molar-refractivity contribution in [3.8, 4) is 5.69 Å². The summed E-state index contributed by atoms with van der Waals surface area (Å²) in [6.07, 6.45) is 0.733. The second-order valence-electron chi connectivity index (χ2n) is 6.24. The van der Waals surface area contributed by atoms with Gasteiger partial charge in [-0.25, -0.2) is 0 Å². The second kappa shape index (κ2) is 9.01. The van der Waals surface area contributed by atoms with Gasteiger partial charge in [0.15, 0.2) is 0 Å². The number of thioether (sulfide) groups is 1. The van der Waals surface area contributed by atoms with Gasteiger partial charge in [0.1, 0.15) is 0 Å². The molecule has 27 heavy (non-hydrogen) atoms. The molecule has 1 N–H and O–H groups in total. The normalized spacial score (nSPS) is 10.8. The van der Waals surface area contributed by atoms with Crippen molar-refractivity contribution in [2.45, 2.75) is 25.4 Å². The summed E-state index contributed by atoms with van der Waals surface area (Å²) in [5.74, 6) is 0.192. The number of aryl methyl sites for hydroxylation is 2. The van der Waals surface area contributed by atoms with E-state index in [9.17, 15) is 4.79 Å². The molecule has 8 heteroatoms. The van der Waals surface area contributed by atoms with Gasteiger partial charge in [-0.1, -0.05) is 41.6 Å². The third kappa shape index (κ3) is 5.55. The minimum Gasteiger partial charge on any atom is -0.355 e. The number of nitrogens with zero attached hydrogens (tertiary/aromatic N) is 4. The number of hydrogen-bond acceptors (Lipinski definition) is 5. The highest BCUT2D eigenvalue weighted by molar-refractivity contribution is 7.99. The fourth-order valence-corrected chi connectivity index (χ4v) is 3.66. The van der Waals surface area contributed by atoms with Crippen LogP contribution >= 0.6 is 23.4 Å². The number of carbonyl (C=O) groups excluding carboxylic acids is 1. The van der Waals surface area contributed by atoms with E-state index in [1.807, 2.05) is 50.2 Å². The van der Waals surface area contributed by atoms with E-state index in [2.05, 4.69) is 26.9 Å². The van der Waals surface area contributed by atoms with Crippen molar-refractivity contribution in [1.29, 1.82) is 0 Å². The molecule has 0 bridgehead atoms. The van der Waals surface area contributed by atoms with Crippen LogP contribution in [0.1, 0.15) is 16.7 Å². The van der Waals surface area contributed by atoms with E-state index in [0.29, 0.717) is 16.7 Å². The number of nitrogens with one attached hydrogen (secondary N) is 1. The highest BCUT2D eigenvalue weighted by Crippen LogP contribution is 2.20. The molecule has 0 saturated carbocycles. The Hall–Kier alpha value is -2.38. The lowest BCUT2D eigenvalue weighted by molar-refractivity contribution is -0.118. The van der Waals surface area contributed by atoms with Gasteiger partial charge in [0, 0.05) is 11.6 Å². The van der Waals surface area contributed by atoms with Crippen molar-refractivity contribution in [3.63, 3.8) is 0 Å². The summed E-state index contributed by atoms with van der Waals surface area (Å²) in [7, 11) is 0. The maximum absolute atomic E-state index is 12.1. The number of hydrogen-bond donors (Lipinski definition) is 1. The van der Waals surface area contributed by atoms with Crippen LogP contribution in [0, 0.1) is 13.8 Å². The van der Waals surface area contributed by atoms with Crippen molar-refractivity contribution in [2.75, 3.05) is 12.3 Å². The summed E-state index contributed by atoms with van der Waals surface area (Å²) in [4.78, 5) is 12.1. The average molecular weight is 402 g/mol. The van der Waals surface area contributed by atoms with Crippen LogP contribution in [-0.2, 0) is 11.2 Å². The van der Waals surface area contributed by atoms with Crippen LogP contribution in [0.25, 0.3) is 5.69 Å². The van der Waals surface area contributed by atoms with Crippen molar-refractivity contribution in [2.24, 2.45) is 0 Å². The molecule has 0 fully saturated rings. The van der Waals surface area contributed by atoms with Crippen LogP contribution in [0.4, 0.5) is 0 Å². The number of amides is 1. The van der Waals surface area contributed by atoms with Gasteiger partial charge >= 0.3 is 0 Å². The summed E-state index contributed by atoms with van der Waals surface area (Å²) in [6.45, 7) is 4.61. The molecule has 3 aromatic rings. The molecule has 0 aliphatic carbocycles. The van der Waals surface area contributed by atoms with Gasteiger partial charge in [-0.3, -0.25) is 4.79 Å². The van der Waals surface area contributed by atoms with Crippen molar-refractivity contribution < 1.29 is 4.79 Å². The Balaban J connectivity index is 1.53. The quantitative estimate of drug-likeness (QED) is 0.614. The van der Waals surface area contributed by atoms with Crippen molar-refractivity contribution >= 4 is 29.3 Å². The zero-order valence-corrected chi connectivity index (χ0v) is 16.7. The van der Waals surface area contributed by atoms with Crippen LogP contribution in [0.5, 0.6) is 0 Å². The topological polar surface area (TPSA) is 72.7 Å². The first-order valence-corrected chi connectivity index (χ1v) is 9.88. The predicted octanol–water partition coefficient (Wildman–Crippen LogP) is 3.38. The molecule has 1 amide bonds. The summed E-state index contributed by atoms with van der Waals surface area (Å²) >= 11 is 7.28. The van der Waals surface area contributed by atoms with E-state index in [1.165, 1.54) is 11.8 Å². The van der Waals surface area contributed by atoms with Crippen LogP contribution in [0.2, 0.25) is 5.02 Å². The zero-order chi connectivity index (χ0) is 19.2. The van der Waals surface area contributed by atoms with Crippen LogP contribution < -0.4 is 5.32 Å². The highest BCUT2D eigenvalue weighted by atomic mass is 35.5. The standard InChI is InChI=1S/C19H20ClN5OS/c1-13-8-14(2)10-17(9-13)25-19(22-23-24-25)27-12-18(26)21-7-6-15-4-3-5-16(20)11-15/h3-5,8-11H,6-7,12H2,1-2H3,(H,21,26). The molecule has 0 aliphatic heterocycles. The monoisotopic (exact) mass is 401 g/mol. The lowest BCUT2D eigenvalue weighted by Gasteiger charge is -2.07. The molecule has 2 aromatic carbocycles. The Morgan fingerprint density at radius 2 is 1.96 bits per heavy atom. The Morgan fingerprint density at radius 1 is 1.19 bits per heavy atom. The molecule has 6 nitrogen and oxygen atoms in total. The third-order valence-corrected chi connectivity index (χ3v) is 5.00. The molecule has 1 aromatic heterocycles. The molecular weight excluding hydrogens is 382 g/mol. The number of rotatable bonds is 7. The smallest absolute Gasteiger partial charge is 0.230 e. The lowest BCUT2D eigenvalue weighted by Crippen LogP contribution is -2.27. The minimum absolute atomic E-state index is 0.0583. The van der Waals surface area contributed by atoms with E-state index in [0.717, 1.165) is 28.8 Å². The molecule has 0 aliphatic rings. The van der Waals surface area contributed by atoms with Gasteiger partial charge in [-0.15, -0.1) is 5.10 Å². The van der Waals surface area contributed by atoms with Gasteiger partial charge in [0.25, 0.3) is 0 Å². The Bertz CT molecular complexity index is 923. The number of carbonyl (C=O) groups is 1. The summed E-state index contributed by atoms with van der Waals surface area (Å²) in [5.41, 5.74) is 4.25. The van der Waals surface area contributed by atoms with Gasteiger partial charge in [-0.05, 0) is 71.7 Å². The number of benzene rings is 2. The largest absolute Gasteiger partial charge is 0.355 e. The fraction of sp³-hybridized carbons (Fsp3) is 0.263. The molecule has 0 saturated heterocycles. The van der Waals surface area contributed by atoms with Gasteiger partial charge in [0.2, 0.25) is 11.1 Å². The molecule has 0 atom stereocenters. The third-order valence-electron chi connectivity index (χ3n) is 3.85. The number of halogens is 1. The maximum Gasteiger partial charge on any atom is 0.230 e. The minimum atomic E-state index is -0.0583. The Morgan fingerprint density at radius 3 is 2.70 bits per heavy atom. The van der Waals surface area contributed by atoms with Gasteiger partial charge < -0.3 is 5.32 Å². The van der Waals surface area contributed by atoms with E-state index < -0.39 is 0 Å². The van der Waals surface area contributed by atoms with Crippen LogP contribution in [0.3, 0.4) is 0 Å². The molecule has 140 valence electrons. The average Bonchev–Trinajstić information content (AvgIpc) is 3.08.